The molecule has 1 saturated carbocycles. The van der Waals surface area contributed by atoms with Crippen LogP contribution in [0.1, 0.15) is 74.3 Å². The van der Waals surface area contributed by atoms with Gasteiger partial charge in [-0.25, -0.2) is 4.98 Å². The van der Waals surface area contributed by atoms with Gasteiger partial charge in [-0.05, 0) is 62.3 Å². The van der Waals surface area contributed by atoms with Gasteiger partial charge in [-0.1, -0.05) is 38.9 Å². The highest BCUT2D eigenvalue weighted by Crippen LogP contribution is 2.26. The molecule has 0 atom stereocenters. The highest BCUT2D eigenvalue weighted by atomic mass is 16.1. The lowest BCUT2D eigenvalue weighted by Gasteiger charge is -2.33. The molecule has 1 aromatic carbocycles. The van der Waals surface area contributed by atoms with E-state index in [9.17, 15) is 4.79 Å². The van der Waals surface area contributed by atoms with Crippen molar-refractivity contribution < 1.29 is 4.79 Å². The molecule has 1 amide bonds. The van der Waals surface area contributed by atoms with E-state index in [0.717, 1.165) is 61.7 Å². The normalized spacial score (nSPS) is 16.6. The zero-order valence-electron chi connectivity index (χ0n) is 21.5. The summed E-state index contributed by atoms with van der Waals surface area (Å²) in [4.78, 5) is 18.0. The smallest absolute Gasteiger partial charge is 0.248 e. The molecule has 3 heterocycles. The molecule has 3 N–H and O–H groups in total. The number of benzene rings is 1. The molecule has 0 bridgehead atoms. The first-order valence-corrected chi connectivity index (χ1v) is 13.5. The first-order valence-electron chi connectivity index (χ1n) is 13.5. The van der Waals surface area contributed by atoms with Gasteiger partial charge in [-0.2, -0.15) is 9.61 Å². The zero-order valence-corrected chi connectivity index (χ0v) is 21.5. The minimum Gasteiger partial charge on any atom is -0.372 e. The monoisotopic (exact) mass is 486 g/mol. The molecule has 1 aliphatic heterocycles. The average molecular weight is 486 g/mol. The van der Waals surface area contributed by atoms with E-state index in [2.05, 4.69) is 33.3 Å². The van der Waals surface area contributed by atoms with Gasteiger partial charge < -0.3 is 16.0 Å². The molecule has 1 aliphatic carbocycles. The average Bonchev–Trinajstić information content (AvgIpc) is 3.58. The fourth-order valence-electron chi connectivity index (χ4n) is 5.28. The van der Waals surface area contributed by atoms with Crippen molar-refractivity contribution in [3.05, 3.63) is 53.9 Å². The van der Waals surface area contributed by atoms with Crippen molar-refractivity contribution in [1.29, 1.82) is 0 Å². The first-order chi connectivity index (χ1) is 17.6. The quantitative estimate of drug-likeness (QED) is 0.437. The van der Waals surface area contributed by atoms with Crippen LogP contribution in [0, 0.1) is 5.92 Å². The number of anilines is 2. The van der Waals surface area contributed by atoms with Gasteiger partial charge in [0.25, 0.3) is 0 Å². The summed E-state index contributed by atoms with van der Waals surface area (Å²) < 4.78 is 1.91. The van der Waals surface area contributed by atoms with E-state index in [0.29, 0.717) is 11.6 Å². The van der Waals surface area contributed by atoms with Gasteiger partial charge >= 0.3 is 0 Å². The van der Waals surface area contributed by atoms with Crippen molar-refractivity contribution >= 4 is 30.9 Å². The van der Waals surface area contributed by atoms with Crippen molar-refractivity contribution in [1.82, 2.24) is 14.6 Å². The molecular formula is C28H39BN6O. The van der Waals surface area contributed by atoms with Crippen molar-refractivity contribution in [2.75, 3.05) is 23.3 Å². The summed E-state index contributed by atoms with van der Waals surface area (Å²) in [6.45, 7) is 4.33. The van der Waals surface area contributed by atoms with E-state index in [-0.39, 0.29) is 5.91 Å². The number of piperidine rings is 1. The Labute approximate surface area is 216 Å². The van der Waals surface area contributed by atoms with Gasteiger partial charge in [-0.15, -0.1) is 0 Å². The molecule has 2 aliphatic rings. The number of carbonyl (C=O) groups is 1. The lowest BCUT2D eigenvalue weighted by Crippen LogP contribution is -2.33. The third-order valence-corrected chi connectivity index (χ3v) is 7.33. The van der Waals surface area contributed by atoms with Crippen LogP contribution in [0.25, 0.3) is 5.65 Å². The van der Waals surface area contributed by atoms with E-state index < -0.39 is 0 Å². The maximum atomic E-state index is 11.0. The Morgan fingerprint density at radius 1 is 1.11 bits per heavy atom. The number of rotatable bonds is 8. The minimum atomic E-state index is -0.372. The molecule has 7 nitrogen and oxygen atoms in total. The van der Waals surface area contributed by atoms with Crippen LogP contribution in [-0.2, 0) is 6.42 Å². The van der Waals surface area contributed by atoms with Gasteiger partial charge in [0.1, 0.15) is 5.82 Å². The van der Waals surface area contributed by atoms with Crippen molar-refractivity contribution in [2.45, 2.75) is 77.1 Å². The second kappa shape index (κ2) is 12.8. The predicted octanol–water partition coefficient (Wildman–Crippen LogP) is 5.02. The third-order valence-electron chi connectivity index (χ3n) is 7.33. The Hall–Kier alpha value is -3.03. The largest absolute Gasteiger partial charge is 0.372 e. The molecule has 2 aromatic heterocycles. The van der Waals surface area contributed by atoms with E-state index in [4.69, 9.17) is 13.6 Å². The summed E-state index contributed by atoms with van der Waals surface area (Å²) in [5.74, 6) is 1.50. The topological polar surface area (TPSA) is 88.6 Å². The fraction of sp³-hybridized carbons (Fsp3) is 0.536. The molecule has 3 aromatic rings. The molecule has 190 valence electrons. The number of fused-ring (bicyclic) bond motifs is 1. The second-order valence-corrected chi connectivity index (χ2v) is 10.0. The summed E-state index contributed by atoms with van der Waals surface area (Å²) in [7, 11) is 5.59. The Kier molecular flexibility index (Phi) is 9.26. The Morgan fingerprint density at radius 2 is 1.83 bits per heavy atom. The summed E-state index contributed by atoms with van der Waals surface area (Å²) in [6, 6.07) is 12.3. The number of nitrogens with two attached hydrogens (primary N) is 1. The summed E-state index contributed by atoms with van der Waals surface area (Å²) in [5.41, 5.74) is 9.07. The predicted molar refractivity (Wildman–Crippen MR) is 148 cm³/mol. The fourth-order valence-corrected chi connectivity index (χ4v) is 5.28. The number of aryl methyl sites for hydroxylation is 1. The van der Waals surface area contributed by atoms with Crippen molar-refractivity contribution in [3.8, 4) is 0 Å². The Morgan fingerprint density at radius 3 is 2.47 bits per heavy atom. The molecule has 1 saturated heterocycles. The number of aromatic nitrogens is 3. The number of hydrogen-bond donors (Lipinski definition) is 2. The van der Waals surface area contributed by atoms with Gasteiger partial charge in [0.2, 0.25) is 5.91 Å². The van der Waals surface area contributed by atoms with E-state index >= 15 is 0 Å². The van der Waals surface area contributed by atoms with Crippen LogP contribution in [0.4, 0.5) is 11.5 Å². The van der Waals surface area contributed by atoms with Gasteiger partial charge in [0, 0.05) is 48.2 Å². The molecule has 8 heteroatoms. The highest BCUT2D eigenvalue weighted by molar-refractivity contribution is 6.08. The van der Waals surface area contributed by atoms with Crippen LogP contribution in [0.3, 0.4) is 0 Å². The molecule has 0 unspecified atom stereocenters. The summed E-state index contributed by atoms with van der Waals surface area (Å²) >= 11 is 0. The number of carbonyl (C=O) groups excluding carboxylic acids is 1. The van der Waals surface area contributed by atoms with Crippen LogP contribution in [0.15, 0.2) is 42.6 Å². The Balaban J connectivity index is 0.000000169. The molecule has 2 fully saturated rings. The molecule has 36 heavy (non-hydrogen) atoms. The highest BCUT2D eigenvalue weighted by Gasteiger charge is 2.19. The molecular weight excluding hydrogens is 447 g/mol. The number of nitrogens with zero attached hydrogens (tertiary/aromatic N) is 4. The standard InChI is InChI=1S/C14H19BN2O.C14H20N4/c15-8-5-11-6-9-17(10-7-11)13-3-1-12(2-4-13)14(16)18;1-2-5-12-10-14(16-11-6-3-4-7-11)18-13(17-12)8-9-15-18/h1-4,11H,5-10H2,(H2,16,18);8-11,16H,2-7H2,1H3. The van der Waals surface area contributed by atoms with Crippen LogP contribution in [0.2, 0.25) is 6.32 Å². The summed E-state index contributed by atoms with van der Waals surface area (Å²) in [6.07, 6.45) is 13.5. The first kappa shape index (κ1) is 26.0. The molecule has 2 radical (unpaired) electrons. The Bertz CT molecular complexity index is 1100. The summed E-state index contributed by atoms with van der Waals surface area (Å²) in [5, 5.41) is 7.98. The van der Waals surface area contributed by atoms with Gasteiger partial charge in [0.15, 0.2) is 5.65 Å². The maximum absolute atomic E-state index is 11.0. The number of hydrogen-bond acceptors (Lipinski definition) is 5. The molecule has 5 rings (SSSR count). The van der Waals surface area contributed by atoms with Crippen molar-refractivity contribution in [2.24, 2.45) is 11.7 Å². The molecule has 0 spiro atoms. The van der Waals surface area contributed by atoms with Gasteiger partial charge in [0.05, 0.1) is 14.0 Å². The van der Waals surface area contributed by atoms with E-state index in [1.807, 2.05) is 28.9 Å². The number of primary amides is 1. The lowest BCUT2D eigenvalue weighted by atomic mass is 9.87. The van der Waals surface area contributed by atoms with Crippen molar-refractivity contribution in [3.63, 3.8) is 0 Å². The van der Waals surface area contributed by atoms with Gasteiger partial charge in [-0.3, -0.25) is 4.79 Å². The van der Waals surface area contributed by atoms with Crippen LogP contribution < -0.4 is 16.0 Å². The lowest BCUT2D eigenvalue weighted by molar-refractivity contribution is 0.100. The third kappa shape index (κ3) is 6.80. The number of nitrogens with one attached hydrogen (secondary N) is 1. The van der Waals surface area contributed by atoms with Crippen LogP contribution in [-0.4, -0.2) is 47.5 Å². The second-order valence-electron chi connectivity index (χ2n) is 10.0. The maximum Gasteiger partial charge on any atom is 0.248 e. The van der Waals surface area contributed by atoms with Crippen LogP contribution >= 0.6 is 0 Å². The van der Waals surface area contributed by atoms with E-state index in [1.54, 1.807) is 12.1 Å². The SMILES string of the molecule is CCCc1cc(NC2CCCC2)n2nccc2n1.[B]CCC1CCN(c2ccc(C(N)=O)cc2)CC1. The van der Waals surface area contributed by atoms with Crippen LogP contribution in [0.5, 0.6) is 0 Å². The minimum absolute atomic E-state index is 0.372. The zero-order chi connectivity index (χ0) is 25.3. The number of amides is 1. The van der Waals surface area contributed by atoms with E-state index in [1.165, 1.54) is 44.2 Å².